The van der Waals surface area contributed by atoms with Gasteiger partial charge in [-0.25, -0.2) is 9.78 Å². The molecule has 0 bridgehead atoms. The van der Waals surface area contributed by atoms with E-state index >= 15 is 0 Å². The third-order valence-electron chi connectivity index (χ3n) is 3.17. The van der Waals surface area contributed by atoms with E-state index < -0.39 is 5.97 Å². The summed E-state index contributed by atoms with van der Waals surface area (Å²) in [6, 6.07) is 15.9. The highest BCUT2D eigenvalue weighted by Gasteiger charge is 2.03. The van der Waals surface area contributed by atoms with Gasteiger partial charge in [0.25, 0.3) is 0 Å². The molecule has 0 amide bonds. The number of halogens is 1. The maximum Gasteiger partial charge on any atom is 0.335 e. The van der Waals surface area contributed by atoms with Gasteiger partial charge in [-0.2, -0.15) is 0 Å². The number of carbonyl (C=O) groups is 1. The summed E-state index contributed by atoms with van der Waals surface area (Å²) in [7, 11) is 0. The normalized spacial score (nSPS) is 11.1. The summed E-state index contributed by atoms with van der Waals surface area (Å²) < 4.78 is 0. The maximum atomic E-state index is 10.8. The molecule has 0 radical (unpaired) electrons. The zero-order chi connectivity index (χ0) is 15.5. The molecule has 108 valence electrons. The number of pyridine rings is 1. The van der Waals surface area contributed by atoms with Gasteiger partial charge in [0, 0.05) is 17.2 Å². The number of fused-ring (bicyclic) bond motifs is 1. The van der Waals surface area contributed by atoms with Gasteiger partial charge in [-0.1, -0.05) is 29.8 Å². The first kappa shape index (κ1) is 14.2. The van der Waals surface area contributed by atoms with Crippen LogP contribution >= 0.6 is 11.6 Å². The van der Waals surface area contributed by atoms with Crippen LogP contribution in [0.4, 0.5) is 5.69 Å². The molecule has 0 unspecified atom stereocenters. The molecule has 0 saturated heterocycles. The highest BCUT2D eigenvalue weighted by Crippen LogP contribution is 2.20. The molecule has 0 fully saturated rings. The molecule has 2 aromatic carbocycles. The largest absolute Gasteiger partial charge is 0.478 e. The molecule has 0 spiro atoms. The number of para-hydroxylation sites is 1. The van der Waals surface area contributed by atoms with Crippen LogP contribution in [0, 0.1) is 0 Å². The fourth-order valence-electron chi connectivity index (χ4n) is 2.03. The summed E-state index contributed by atoms with van der Waals surface area (Å²) in [6.45, 7) is 0. The minimum atomic E-state index is -0.961. The van der Waals surface area contributed by atoms with E-state index in [2.05, 4.69) is 9.98 Å². The second-order valence-electron chi connectivity index (χ2n) is 4.67. The fraction of sp³-hybridized carbons (Fsp3) is 0. The SMILES string of the molecule is O=C(O)c1ccc(N=Cc2cc3ccccc3nc2Cl)cc1. The summed E-state index contributed by atoms with van der Waals surface area (Å²) in [5, 5.41) is 10.2. The van der Waals surface area contributed by atoms with Crippen molar-refractivity contribution in [1.82, 2.24) is 4.98 Å². The third kappa shape index (κ3) is 2.97. The molecular weight excluding hydrogens is 300 g/mol. The number of hydrogen-bond donors (Lipinski definition) is 1. The van der Waals surface area contributed by atoms with Gasteiger partial charge in [0.1, 0.15) is 5.15 Å². The van der Waals surface area contributed by atoms with E-state index in [1.165, 1.54) is 12.1 Å². The average molecular weight is 311 g/mol. The Hall–Kier alpha value is -2.72. The first-order chi connectivity index (χ1) is 10.6. The van der Waals surface area contributed by atoms with Gasteiger partial charge >= 0.3 is 5.97 Å². The van der Waals surface area contributed by atoms with E-state index in [-0.39, 0.29) is 5.56 Å². The molecule has 0 aliphatic rings. The van der Waals surface area contributed by atoms with Crippen molar-refractivity contribution in [3.63, 3.8) is 0 Å². The fourth-order valence-corrected chi connectivity index (χ4v) is 2.23. The van der Waals surface area contributed by atoms with Crippen molar-refractivity contribution in [1.29, 1.82) is 0 Å². The number of nitrogens with zero attached hydrogens (tertiary/aromatic N) is 2. The lowest BCUT2D eigenvalue weighted by molar-refractivity contribution is 0.0697. The molecule has 3 rings (SSSR count). The molecule has 1 aromatic heterocycles. The van der Waals surface area contributed by atoms with E-state index in [0.717, 1.165) is 10.9 Å². The lowest BCUT2D eigenvalue weighted by Gasteiger charge is -2.01. The summed E-state index contributed by atoms with van der Waals surface area (Å²) in [6.07, 6.45) is 1.62. The Kier molecular flexibility index (Phi) is 3.85. The Morgan fingerprint density at radius 1 is 1.14 bits per heavy atom. The molecule has 0 atom stereocenters. The van der Waals surface area contributed by atoms with Crippen molar-refractivity contribution in [2.45, 2.75) is 0 Å². The highest BCUT2D eigenvalue weighted by molar-refractivity contribution is 6.32. The van der Waals surface area contributed by atoms with E-state index in [0.29, 0.717) is 16.4 Å². The van der Waals surface area contributed by atoms with E-state index in [4.69, 9.17) is 16.7 Å². The lowest BCUT2D eigenvalue weighted by atomic mass is 10.2. The smallest absolute Gasteiger partial charge is 0.335 e. The van der Waals surface area contributed by atoms with Gasteiger partial charge in [-0.3, -0.25) is 4.99 Å². The predicted octanol–water partition coefficient (Wildman–Crippen LogP) is 4.34. The van der Waals surface area contributed by atoms with Crippen LogP contribution in [0.25, 0.3) is 10.9 Å². The molecule has 0 aliphatic carbocycles. The van der Waals surface area contributed by atoms with Gasteiger partial charge in [0.15, 0.2) is 0 Å². The van der Waals surface area contributed by atoms with Crippen LogP contribution in [0.15, 0.2) is 59.6 Å². The molecule has 0 saturated carbocycles. The first-order valence-electron chi connectivity index (χ1n) is 6.56. The Labute approximate surface area is 131 Å². The number of rotatable bonds is 3. The number of carboxylic acids is 1. The van der Waals surface area contributed by atoms with Crippen LogP contribution in [-0.4, -0.2) is 22.3 Å². The molecule has 4 nitrogen and oxygen atoms in total. The van der Waals surface area contributed by atoms with Gasteiger partial charge in [0.05, 0.1) is 16.8 Å². The lowest BCUT2D eigenvalue weighted by Crippen LogP contribution is -1.94. The zero-order valence-corrected chi connectivity index (χ0v) is 12.2. The van der Waals surface area contributed by atoms with Crippen molar-refractivity contribution >= 4 is 40.4 Å². The molecule has 22 heavy (non-hydrogen) atoms. The average Bonchev–Trinajstić information content (AvgIpc) is 2.53. The van der Waals surface area contributed by atoms with Crippen molar-refractivity contribution in [3.05, 3.63) is 70.9 Å². The highest BCUT2D eigenvalue weighted by atomic mass is 35.5. The Bertz CT molecular complexity index is 873. The Balaban J connectivity index is 1.91. The number of aliphatic imine (C=N–C) groups is 1. The van der Waals surface area contributed by atoms with Gasteiger partial charge in [0.2, 0.25) is 0 Å². The number of aromatic nitrogens is 1. The third-order valence-corrected chi connectivity index (χ3v) is 3.47. The minimum Gasteiger partial charge on any atom is -0.478 e. The minimum absolute atomic E-state index is 0.226. The molecule has 5 heteroatoms. The van der Waals surface area contributed by atoms with Crippen molar-refractivity contribution in [2.24, 2.45) is 4.99 Å². The first-order valence-corrected chi connectivity index (χ1v) is 6.94. The van der Waals surface area contributed by atoms with Crippen LogP contribution in [0.3, 0.4) is 0 Å². The number of carboxylic acid groups (broad SMARTS) is 1. The van der Waals surface area contributed by atoms with Crippen LogP contribution < -0.4 is 0 Å². The van der Waals surface area contributed by atoms with Crippen molar-refractivity contribution in [3.8, 4) is 0 Å². The molecule has 0 aliphatic heterocycles. The van der Waals surface area contributed by atoms with Gasteiger partial charge in [-0.05, 0) is 36.4 Å². The van der Waals surface area contributed by atoms with Crippen LogP contribution in [-0.2, 0) is 0 Å². The summed E-state index contributed by atoms with van der Waals surface area (Å²) in [5.41, 5.74) is 2.41. The maximum absolute atomic E-state index is 10.8. The second kappa shape index (κ2) is 5.95. The zero-order valence-electron chi connectivity index (χ0n) is 11.4. The predicted molar refractivity (Wildman–Crippen MR) is 87.4 cm³/mol. The number of benzene rings is 2. The van der Waals surface area contributed by atoms with Crippen LogP contribution in [0.2, 0.25) is 5.15 Å². The standard InChI is InChI=1S/C17H11ClN2O2/c18-16-13(9-12-3-1-2-4-15(12)20-16)10-19-14-7-5-11(6-8-14)17(21)22/h1-10H,(H,21,22). The second-order valence-corrected chi connectivity index (χ2v) is 5.03. The molecular formula is C17H11ClN2O2. The molecule has 1 heterocycles. The Morgan fingerprint density at radius 2 is 1.86 bits per heavy atom. The van der Waals surface area contributed by atoms with Crippen LogP contribution in [0.5, 0.6) is 0 Å². The van der Waals surface area contributed by atoms with Crippen LogP contribution in [0.1, 0.15) is 15.9 Å². The quantitative estimate of drug-likeness (QED) is 0.578. The van der Waals surface area contributed by atoms with E-state index in [1.54, 1.807) is 18.3 Å². The number of hydrogen-bond acceptors (Lipinski definition) is 3. The summed E-state index contributed by atoms with van der Waals surface area (Å²) in [5.74, 6) is -0.961. The van der Waals surface area contributed by atoms with Gasteiger partial charge in [-0.15, -0.1) is 0 Å². The van der Waals surface area contributed by atoms with Crippen molar-refractivity contribution < 1.29 is 9.90 Å². The number of aromatic carboxylic acids is 1. The molecule has 3 aromatic rings. The van der Waals surface area contributed by atoms with E-state index in [1.807, 2.05) is 30.3 Å². The van der Waals surface area contributed by atoms with E-state index in [9.17, 15) is 4.79 Å². The topological polar surface area (TPSA) is 62.5 Å². The van der Waals surface area contributed by atoms with Crippen molar-refractivity contribution in [2.75, 3.05) is 0 Å². The molecule has 1 N–H and O–H groups in total. The Morgan fingerprint density at radius 3 is 2.59 bits per heavy atom. The summed E-state index contributed by atoms with van der Waals surface area (Å²) in [4.78, 5) is 19.4. The monoisotopic (exact) mass is 310 g/mol. The van der Waals surface area contributed by atoms with Gasteiger partial charge < -0.3 is 5.11 Å². The summed E-state index contributed by atoms with van der Waals surface area (Å²) >= 11 is 6.16.